The van der Waals surface area contributed by atoms with Crippen LogP contribution in [0, 0.1) is 5.92 Å². The van der Waals surface area contributed by atoms with Crippen molar-refractivity contribution in [1.29, 1.82) is 0 Å². The molecule has 35 heavy (non-hydrogen) atoms. The fourth-order valence-electron chi connectivity index (χ4n) is 3.25. The van der Waals surface area contributed by atoms with Gasteiger partial charge in [0.15, 0.2) is 0 Å². The Bertz CT molecular complexity index is 815. The van der Waals surface area contributed by atoms with Crippen LogP contribution in [-0.4, -0.2) is 61.0 Å². The molecule has 0 radical (unpaired) electrons. The molecule has 1 unspecified atom stereocenters. The maximum atomic E-state index is 12.8. The molecule has 0 aliphatic carbocycles. The molecule has 0 saturated carbocycles. The zero-order valence-corrected chi connectivity index (χ0v) is 21.9. The lowest BCUT2D eigenvalue weighted by atomic mass is 9.99. The Hall–Kier alpha value is -2.94. The van der Waals surface area contributed by atoms with Crippen molar-refractivity contribution >= 4 is 24.2 Å². The minimum Gasteiger partial charge on any atom is -0.444 e. The monoisotopic (exact) mass is 490 g/mol. The Labute approximate surface area is 209 Å². The number of amides is 3. The van der Waals surface area contributed by atoms with E-state index < -0.39 is 17.7 Å². The number of ether oxygens (including phenoxy) is 1. The predicted octanol–water partition coefficient (Wildman–Crippen LogP) is 2.34. The number of carbonyl (C=O) groups excluding carboxylic acids is 4. The molecule has 1 rings (SSSR count). The summed E-state index contributed by atoms with van der Waals surface area (Å²) in [4.78, 5) is 48.5. The van der Waals surface area contributed by atoms with Crippen LogP contribution in [0.15, 0.2) is 30.3 Å². The summed E-state index contributed by atoms with van der Waals surface area (Å²) in [5, 5.41) is 11.4. The first kappa shape index (κ1) is 30.1. The van der Waals surface area contributed by atoms with Crippen LogP contribution in [0.3, 0.4) is 0 Å². The van der Waals surface area contributed by atoms with E-state index in [9.17, 15) is 19.2 Å². The van der Waals surface area contributed by atoms with E-state index in [-0.39, 0.29) is 49.2 Å². The van der Waals surface area contributed by atoms with Crippen LogP contribution >= 0.6 is 0 Å². The molecule has 0 saturated heterocycles. The highest BCUT2D eigenvalue weighted by Crippen LogP contribution is 2.09. The Balaban J connectivity index is 2.65. The highest BCUT2D eigenvalue weighted by atomic mass is 16.6. The van der Waals surface area contributed by atoms with E-state index in [0.29, 0.717) is 13.0 Å². The van der Waals surface area contributed by atoms with E-state index in [1.165, 1.54) is 0 Å². The minimum absolute atomic E-state index is 0.153. The molecule has 4 N–H and O–H groups in total. The van der Waals surface area contributed by atoms with Gasteiger partial charge in [0.05, 0.1) is 6.04 Å². The Morgan fingerprint density at radius 1 is 0.971 bits per heavy atom. The van der Waals surface area contributed by atoms with Gasteiger partial charge in [-0.25, -0.2) is 4.79 Å². The summed E-state index contributed by atoms with van der Waals surface area (Å²) in [6.07, 6.45) is 1.30. The number of alkyl carbamates (subject to hydrolysis) is 1. The lowest BCUT2D eigenvalue weighted by Gasteiger charge is -2.23. The second kappa shape index (κ2) is 14.5. The van der Waals surface area contributed by atoms with Crippen LogP contribution in [0.25, 0.3) is 0 Å². The van der Waals surface area contributed by atoms with Crippen LogP contribution in [0.5, 0.6) is 0 Å². The smallest absolute Gasteiger partial charge is 0.407 e. The number of hydrogen-bond acceptors (Lipinski definition) is 6. The van der Waals surface area contributed by atoms with Gasteiger partial charge in [-0.1, -0.05) is 30.3 Å². The van der Waals surface area contributed by atoms with E-state index in [2.05, 4.69) is 21.3 Å². The first-order chi connectivity index (χ1) is 16.3. The van der Waals surface area contributed by atoms with E-state index in [0.717, 1.165) is 11.8 Å². The maximum Gasteiger partial charge on any atom is 0.407 e. The number of hydrogen-bond donors (Lipinski definition) is 4. The Kier molecular flexibility index (Phi) is 12.4. The van der Waals surface area contributed by atoms with Crippen LogP contribution in [0.2, 0.25) is 0 Å². The average molecular weight is 491 g/mol. The molecule has 2 atom stereocenters. The summed E-state index contributed by atoms with van der Waals surface area (Å²) >= 11 is 0. The summed E-state index contributed by atoms with van der Waals surface area (Å²) in [6.45, 7) is 11.7. The third-order valence-corrected chi connectivity index (χ3v) is 4.74. The van der Waals surface area contributed by atoms with Crippen LogP contribution < -0.4 is 21.3 Å². The average Bonchev–Trinajstić information content (AvgIpc) is 2.74. The van der Waals surface area contributed by atoms with E-state index >= 15 is 0 Å². The molecule has 0 spiro atoms. The van der Waals surface area contributed by atoms with Gasteiger partial charge in [0, 0.05) is 37.5 Å². The summed E-state index contributed by atoms with van der Waals surface area (Å²) < 4.78 is 5.17. The molecule has 0 bridgehead atoms. The van der Waals surface area contributed by atoms with Crippen molar-refractivity contribution in [2.24, 2.45) is 5.92 Å². The second-order valence-corrected chi connectivity index (χ2v) is 10.6. The third kappa shape index (κ3) is 14.8. The molecule has 0 aliphatic heterocycles. The van der Waals surface area contributed by atoms with Gasteiger partial charge in [-0.05, 0) is 59.9 Å². The van der Waals surface area contributed by atoms with Crippen LogP contribution in [0.4, 0.5) is 4.79 Å². The van der Waals surface area contributed by atoms with E-state index in [1.807, 2.05) is 51.1 Å². The van der Waals surface area contributed by atoms with Crippen molar-refractivity contribution < 1.29 is 23.9 Å². The molecule has 0 aliphatic rings. The van der Waals surface area contributed by atoms with Crippen molar-refractivity contribution in [3.63, 3.8) is 0 Å². The summed E-state index contributed by atoms with van der Waals surface area (Å²) in [5.41, 5.74) is 0.0591. The summed E-state index contributed by atoms with van der Waals surface area (Å²) in [6, 6.07) is 8.99. The van der Waals surface area contributed by atoms with E-state index in [1.54, 1.807) is 20.8 Å². The lowest BCUT2D eigenvalue weighted by Crippen LogP contribution is -2.49. The molecule has 0 fully saturated rings. The molecule has 9 nitrogen and oxygen atoms in total. The summed E-state index contributed by atoms with van der Waals surface area (Å²) in [7, 11) is 0. The first-order valence-electron chi connectivity index (χ1n) is 12.1. The number of carbonyl (C=O) groups is 4. The van der Waals surface area contributed by atoms with Crippen molar-refractivity contribution in [3.05, 3.63) is 35.9 Å². The zero-order valence-electron chi connectivity index (χ0n) is 21.9. The number of benzene rings is 1. The van der Waals surface area contributed by atoms with Gasteiger partial charge < -0.3 is 30.8 Å². The largest absolute Gasteiger partial charge is 0.444 e. The topological polar surface area (TPSA) is 126 Å². The van der Waals surface area contributed by atoms with Gasteiger partial charge in [0.25, 0.3) is 0 Å². The fraction of sp³-hybridized carbons (Fsp3) is 0.615. The van der Waals surface area contributed by atoms with Crippen LogP contribution in [0.1, 0.15) is 59.9 Å². The van der Waals surface area contributed by atoms with Gasteiger partial charge in [0.1, 0.15) is 11.9 Å². The highest BCUT2D eigenvalue weighted by molar-refractivity contribution is 5.83. The Morgan fingerprint density at radius 2 is 1.60 bits per heavy atom. The predicted molar refractivity (Wildman–Crippen MR) is 136 cm³/mol. The van der Waals surface area contributed by atoms with Gasteiger partial charge in [-0.2, -0.15) is 0 Å². The molecular formula is C26H42N4O5. The Morgan fingerprint density at radius 3 is 2.17 bits per heavy atom. The van der Waals surface area contributed by atoms with Crippen molar-refractivity contribution in [3.8, 4) is 0 Å². The molecule has 1 aromatic rings. The van der Waals surface area contributed by atoms with Crippen molar-refractivity contribution in [2.45, 2.75) is 78.0 Å². The fourth-order valence-corrected chi connectivity index (χ4v) is 3.25. The number of nitrogens with one attached hydrogen (secondary N) is 4. The van der Waals surface area contributed by atoms with Gasteiger partial charge in [-0.15, -0.1) is 0 Å². The standard InChI is InChI=1S/C26H42N4O5/c1-25(2,3)30-22(32)13-12-21(23(33)27-14-15-28-24(34)35-26(4,5)6)29-17-20(18-31)16-19-10-8-7-9-11-19/h7-11,18,20-21,29H,12-17H2,1-6H3,(H,27,33)(H,28,34)(H,30,32)/t20?,21-/m0/s1. The van der Waals surface area contributed by atoms with E-state index in [4.69, 9.17) is 4.74 Å². The van der Waals surface area contributed by atoms with Crippen molar-refractivity contribution in [1.82, 2.24) is 21.3 Å². The molecule has 3 amide bonds. The highest BCUT2D eigenvalue weighted by Gasteiger charge is 2.22. The zero-order chi connectivity index (χ0) is 26.5. The van der Waals surface area contributed by atoms with Gasteiger partial charge in [0.2, 0.25) is 11.8 Å². The molecule has 1 aromatic carbocycles. The second-order valence-electron chi connectivity index (χ2n) is 10.6. The SMILES string of the molecule is CC(C)(C)NC(=O)CC[C@H](NCC(C=O)Cc1ccccc1)C(=O)NCCNC(=O)OC(C)(C)C. The van der Waals surface area contributed by atoms with Gasteiger partial charge in [-0.3, -0.25) is 9.59 Å². The molecular weight excluding hydrogens is 448 g/mol. The third-order valence-electron chi connectivity index (χ3n) is 4.74. The number of rotatable bonds is 13. The molecule has 9 heteroatoms. The van der Waals surface area contributed by atoms with Crippen LogP contribution in [-0.2, 0) is 25.5 Å². The molecule has 196 valence electrons. The van der Waals surface area contributed by atoms with Crippen molar-refractivity contribution in [2.75, 3.05) is 19.6 Å². The number of aldehydes is 1. The summed E-state index contributed by atoms with van der Waals surface area (Å²) in [5.74, 6) is -0.770. The maximum absolute atomic E-state index is 12.8. The molecule has 0 aromatic heterocycles. The molecule has 0 heterocycles. The minimum atomic E-state index is -0.666. The van der Waals surface area contributed by atoms with Gasteiger partial charge >= 0.3 is 6.09 Å². The quantitative estimate of drug-likeness (QED) is 0.248. The first-order valence-corrected chi connectivity index (χ1v) is 12.1. The normalized spacial score (nSPS) is 13.3. The lowest BCUT2D eigenvalue weighted by molar-refractivity contribution is -0.125.